The molecule has 13 heavy (non-hydrogen) atoms. The number of halogens is 2. The summed E-state index contributed by atoms with van der Waals surface area (Å²) in [4.78, 5) is 2.57. The lowest BCUT2D eigenvalue weighted by Gasteiger charge is -2.49. The highest BCUT2D eigenvalue weighted by Crippen LogP contribution is 2.32. The molecule has 0 saturated carbocycles. The van der Waals surface area contributed by atoms with E-state index in [2.05, 4.69) is 11.8 Å². The highest BCUT2D eigenvalue weighted by atomic mass is 35.5. The van der Waals surface area contributed by atoms with Gasteiger partial charge in [-0.05, 0) is 38.3 Å². The third kappa shape index (κ3) is 2.30. The first-order valence-corrected chi connectivity index (χ1v) is 4.82. The summed E-state index contributed by atoms with van der Waals surface area (Å²) in [6.45, 7) is 4.86. The van der Waals surface area contributed by atoms with Gasteiger partial charge in [-0.2, -0.15) is 0 Å². The van der Waals surface area contributed by atoms with Crippen LogP contribution >= 0.6 is 24.8 Å². The van der Waals surface area contributed by atoms with E-state index >= 15 is 0 Å². The number of hydrogen-bond donors (Lipinski definition) is 1. The fraction of sp³-hybridized carbons (Fsp3) is 1.00. The number of rotatable bonds is 1. The predicted octanol–water partition coefficient (Wildman–Crippen LogP) is 1.66. The Hall–Kier alpha value is 0.500. The van der Waals surface area contributed by atoms with Crippen molar-refractivity contribution in [2.75, 3.05) is 13.1 Å². The highest BCUT2D eigenvalue weighted by Gasteiger charge is 2.38. The van der Waals surface area contributed by atoms with Crippen LogP contribution in [0.4, 0.5) is 0 Å². The molecule has 3 aliphatic rings. The summed E-state index contributed by atoms with van der Waals surface area (Å²) in [6, 6.07) is 1.17. The Bertz CT molecular complexity index is 145. The van der Waals surface area contributed by atoms with Gasteiger partial charge in [0.2, 0.25) is 0 Å². The molecule has 2 nitrogen and oxygen atoms in total. The molecule has 80 valence electrons. The first-order chi connectivity index (χ1) is 5.33. The molecule has 3 fully saturated rings. The zero-order valence-electron chi connectivity index (χ0n) is 8.11. The van der Waals surface area contributed by atoms with Gasteiger partial charge in [0.15, 0.2) is 0 Å². The Morgan fingerprint density at radius 2 is 1.77 bits per heavy atom. The normalized spacial score (nSPS) is 42.0. The van der Waals surface area contributed by atoms with E-state index in [9.17, 15) is 0 Å². The minimum Gasteiger partial charge on any atom is -0.326 e. The van der Waals surface area contributed by atoms with Crippen LogP contribution in [0.1, 0.15) is 26.2 Å². The Labute approximate surface area is 93.1 Å². The van der Waals surface area contributed by atoms with E-state index < -0.39 is 0 Å². The van der Waals surface area contributed by atoms with Crippen molar-refractivity contribution in [3.05, 3.63) is 0 Å². The Kier molecular flexibility index (Phi) is 5.61. The first-order valence-electron chi connectivity index (χ1n) is 4.82. The van der Waals surface area contributed by atoms with E-state index in [0.29, 0.717) is 12.1 Å². The van der Waals surface area contributed by atoms with Gasteiger partial charge in [-0.15, -0.1) is 24.8 Å². The summed E-state index contributed by atoms with van der Waals surface area (Å²) < 4.78 is 0. The molecular formula is C9H20Cl2N2. The van der Waals surface area contributed by atoms with Gasteiger partial charge in [-0.25, -0.2) is 0 Å². The number of fused-ring (bicyclic) bond motifs is 3. The highest BCUT2D eigenvalue weighted by molar-refractivity contribution is 5.85. The van der Waals surface area contributed by atoms with Crippen molar-refractivity contribution in [2.45, 2.75) is 38.3 Å². The van der Waals surface area contributed by atoms with E-state index in [0.717, 1.165) is 5.92 Å². The van der Waals surface area contributed by atoms with Crippen LogP contribution in [0.3, 0.4) is 0 Å². The second kappa shape index (κ2) is 5.40. The SMILES string of the molecule is CCC1C(N)C2CCN1CC2.Cl.Cl. The van der Waals surface area contributed by atoms with Gasteiger partial charge in [0.25, 0.3) is 0 Å². The maximum atomic E-state index is 6.13. The summed E-state index contributed by atoms with van der Waals surface area (Å²) in [5.41, 5.74) is 6.13. The maximum absolute atomic E-state index is 6.13. The monoisotopic (exact) mass is 226 g/mol. The molecule has 4 heteroatoms. The van der Waals surface area contributed by atoms with Gasteiger partial charge in [-0.3, -0.25) is 4.90 Å². The van der Waals surface area contributed by atoms with Gasteiger partial charge >= 0.3 is 0 Å². The summed E-state index contributed by atoms with van der Waals surface area (Å²) in [7, 11) is 0. The van der Waals surface area contributed by atoms with Crippen molar-refractivity contribution in [1.29, 1.82) is 0 Å². The van der Waals surface area contributed by atoms with Crippen LogP contribution in [0.2, 0.25) is 0 Å². The molecule has 3 aliphatic heterocycles. The van der Waals surface area contributed by atoms with E-state index in [-0.39, 0.29) is 24.8 Å². The number of nitrogens with zero attached hydrogens (tertiary/aromatic N) is 1. The second-order valence-corrected chi connectivity index (χ2v) is 3.93. The van der Waals surface area contributed by atoms with Gasteiger partial charge in [-0.1, -0.05) is 6.92 Å². The predicted molar refractivity (Wildman–Crippen MR) is 60.8 cm³/mol. The third-order valence-electron chi connectivity index (χ3n) is 3.45. The van der Waals surface area contributed by atoms with Crippen LogP contribution < -0.4 is 5.73 Å². The largest absolute Gasteiger partial charge is 0.326 e. The van der Waals surface area contributed by atoms with Crippen molar-refractivity contribution in [2.24, 2.45) is 11.7 Å². The van der Waals surface area contributed by atoms with Gasteiger partial charge < -0.3 is 5.73 Å². The van der Waals surface area contributed by atoms with Crippen molar-refractivity contribution in [3.63, 3.8) is 0 Å². The average molecular weight is 227 g/mol. The number of hydrogen-bond acceptors (Lipinski definition) is 2. The van der Waals surface area contributed by atoms with Gasteiger partial charge in [0.1, 0.15) is 0 Å². The lowest BCUT2D eigenvalue weighted by Crippen LogP contribution is -2.60. The molecule has 0 radical (unpaired) electrons. The minimum absolute atomic E-state index is 0. The average Bonchev–Trinajstić information content (AvgIpc) is 2.06. The fourth-order valence-corrected chi connectivity index (χ4v) is 2.72. The zero-order valence-corrected chi connectivity index (χ0v) is 9.74. The van der Waals surface area contributed by atoms with Crippen LogP contribution in [-0.2, 0) is 0 Å². The fourth-order valence-electron chi connectivity index (χ4n) is 2.72. The standard InChI is InChI=1S/C9H18N2.2ClH/c1-2-8-9(10)7-3-5-11(8)6-4-7;;/h7-9H,2-6,10H2,1H3;2*1H. The van der Waals surface area contributed by atoms with Crippen molar-refractivity contribution in [1.82, 2.24) is 4.90 Å². The van der Waals surface area contributed by atoms with Crippen LogP contribution in [0, 0.1) is 5.92 Å². The third-order valence-corrected chi connectivity index (χ3v) is 3.45. The van der Waals surface area contributed by atoms with E-state index in [1.54, 1.807) is 0 Å². The summed E-state index contributed by atoms with van der Waals surface area (Å²) >= 11 is 0. The lowest BCUT2D eigenvalue weighted by molar-refractivity contribution is 0.0268. The molecule has 0 aromatic rings. The summed E-state index contributed by atoms with van der Waals surface area (Å²) in [6.07, 6.45) is 3.92. The van der Waals surface area contributed by atoms with Crippen LogP contribution in [-0.4, -0.2) is 30.1 Å². The molecule has 0 amide bonds. The van der Waals surface area contributed by atoms with Crippen molar-refractivity contribution < 1.29 is 0 Å². The van der Waals surface area contributed by atoms with Gasteiger partial charge in [0, 0.05) is 12.1 Å². The zero-order chi connectivity index (χ0) is 7.84. The molecule has 3 saturated heterocycles. The summed E-state index contributed by atoms with van der Waals surface area (Å²) in [5.74, 6) is 0.838. The van der Waals surface area contributed by atoms with E-state index in [1.807, 2.05) is 0 Å². The molecule has 0 aromatic heterocycles. The molecule has 0 aliphatic carbocycles. The Morgan fingerprint density at radius 3 is 2.08 bits per heavy atom. The Balaban J connectivity index is 0.000000720. The van der Waals surface area contributed by atoms with Crippen LogP contribution in [0.15, 0.2) is 0 Å². The maximum Gasteiger partial charge on any atom is 0.0247 e. The minimum atomic E-state index is 0. The lowest BCUT2D eigenvalue weighted by atomic mass is 9.78. The van der Waals surface area contributed by atoms with E-state index in [4.69, 9.17) is 5.73 Å². The molecule has 2 N–H and O–H groups in total. The molecule has 2 bridgehead atoms. The summed E-state index contributed by atoms with van der Waals surface area (Å²) in [5, 5.41) is 0. The molecule has 3 heterocycles. The first kappa shape index (κ1) is 13.5. The number of piperidine rings is 3. The Morgan fingerprint density at radius 1 is 1.23 bits per heavy atom. The smallest absolute Gasteiger partial charge is 0.0247 e. The van der Waals surface area contributed by atoms with Crippen molar-refractivity contribution >= 4 is 24.8 Å². The van der Waals surface area contributed by atoms with Crippen LogP contribution in [0.5, 0.6) is 0 Å². The molecule has 0 aromatic carbocycles. The second-order valence-electron chi connectivity index (χ2n) is 3.93. The number of nitrogens with two attached hydrogens (primary N) is 1. The van der Waals surface area contributed by atoms with Crippen molar-refractivity contribution in [3.8, 4) is 0 Å². The molecular weight excluding hydrogens is 207 g/mol. The quantitative estimate of drug-likeness (QED) is 0.738. The molecule has 0 spiro atoms. The topological polar surface area (TPSA) is 29.3 Å². The van der Waals surface area contributed by atoms with E-state index in [1.165, 1.54) is 32.4 Å². The molecule has 2 atom stereocenters. The molecule has 3 rings (SSSR count). The van der Waals surface area contributed by atoms with Crippen LogP contribution in [0.25, 0.3) is 0 Å². The molecule has 2 unspecified atom stereocenters. The van der Waals surface area contributed by atoms with Gasteiger partial charge in [0.05, 0.1) is 0 Å².